The predicted molar refractivity (Wildman–Crippen MR) is 53.1 cm³/mol. The number of rotatable bonds is 4. The van der Waals surface area contributed by atoms with Gasteiger partial charge in [-0.15, -0.1) is 0 Å². The molecule has 2 atom stereocenters. The van der Waals surface area contributed by atoms with Gasteiger partial charge in [-0.25, -0.2) is 0 Å². The normalized spacial score (nSPS) is 26.5. The van der Waals surface area contributed by atoms with Crippen LogP contribution in [0.4, 0.5) is 0 Å². The Kier molecular flexibility index (Phi) is 4.51. The molecule has 4 nitrogen and oxygen atoms in total. The van der Waals surface area contributed by atoms with Crippen LogP contribution in [0.3, 0.4) is 0 Å². The van der Waals surface area contributed by atoms with Crippen LogP contribution < -0.4 is 0 Å². The number of aliphatic hydroxyl groups is 1. The summed E-state index contributed by atoms with van der Waals surface area (Å²) in [7, 11) is 1.57. The van der Waals surface area contributed by atoms with Crippen LogP contribution in [-0.4, -0.2) is 55.2 Å². The SMILES string of the molecule is COCC(O)CN1CCC(=O)C(C)C1. The Bertz CT molecular complexity index is 196. The molecular weight excluding hydrogens is 182 g/mol. The van der Waals surface area contributed by atoms with Gasteiger partial charge in [0.15, 0.2) is 0 Å². The van der Waals surface area contributed by atoms with Crippen molar-refractivity contribution in [2.75, 3.05) is 33.4 Å². The standard InChI is InChI=1S/C10H19NO3/c1-8-5-11(4-3-10(8)13)6-9(12)7-14-2/h8-9,12H,3-7H2,1-2H3. The van der Waals surface area contributed by atoms with E-state index in [0.717, 1.165) is 13.1 Å². The third-order valence-corrected chi connectivity index (χ3v) is 2.58. The third-order valence-electron chi connectivity index (χ3n) is 2.58. The minimum Gasteiger partial charge on any atom is -0.389 e. The molecule has 1 fully saturated rings. The lowest BCUT2D eigenvalue weighted by atomic mass is 9.98. The number of nitrogens with zero attached hydrogens (tertiary/aromatic N) is 1. The zero-order valence-corrected chi connectivity index (χ0v) is 8.90. The number of ether oxygens (including phenoxy) is 1. The number of ketones is 1. The zero-order valence-electron chi connectivity index (χ0n) is 8.90. The van der Waals surface area contributed by atoms with Crippen LogP contribution in [0.25, 0.3) is 0 Å². The number of Topliss-reactive ketones (excluding diaryl/α,β-unsaturated/α-hetero) is 1. The second-order valence-electron chi connectivity index (χ2n) is 3.99. The van der Waals surface area contributed by atoms with Gasteiger partial charge in [0.1, 0.15) is 5.78 Å². The van der Waals surface area contributed by atoms with Crippen molar-refractivity contribution in [2.45, 2.75) is 19.4 Å². The molecule has 0 aliphatic carbocycles. The van der Waals surface area contributed by atoms with Crippen molar-refractivity contribution in [1.82, 2.24) is 4.90 Å². The Morgan fingerprint density at radius 1 is 1.71 bits per heavy atom. The van der Waals surface area contributed by atoms with Crippen molar-refractivity contribution in [3.05, 3.63) is 0 Å². The van der Waals surface area contributed by atoms with Crippen LogP contribution in [0.2, 0.25) is 0 Å². The Hall–Kier alpha value is -0.450. The lowest BCUT2D eigenvalue weighted by Crippen LogP contribution is -2.44. The minimum atomic E-state index is -0.444. The summed E-state index contributed by atoms with van der Waals surface area (Å²) < 4.78 is 4.85. The number of carbonyl (C=O) groups is 1. The molecule has 0 aromatic carbocycles. The molecule has 2 unspecified atom stereocenters. The highest BCUT2D eigenvalue weighted by atomic mass is 16.5. The summed E-state index contributed by atoms with van der Waals surface area (Å²) in [5, 5.41) is 9.50. The largest absolute Gasteiger partial charge is 0.389 e. The Morgan fingerprint density at radius 3 is 3.00 bits per heavy atom. The fourth-order valence-electron chi connectivity index (χ4n) is 1.80. The van der Waals surface area contributed by atoms with E-state index in [1.54, 1.807) is 7.11 Å². The van der Waals surface area contributed by atoms with Crippen LogP contribution in [0.15, 0.2) is 0 Å². The first-order valence-electron chi connectivity index (χ1n) is 5.05. The maximum absolute atomic E-state index is 11.2. The molecule has 0 saturated carbocycles. The number of piperidine rings is 1. The number of hydrogen-bond donors (Lipinski definition) is 1. The quantitative estimate of drug-likeness (QED) is 0.690. The van der Waals surface area contributed by atoms with Crippen LogP contribution in [0.5, 0.6) is 0 Å². The van der Waals surface area contributed by atoms with E-state index in [4.69, 9.17) is 4.74 Å². The highest BCUT2D eigenvalue weighted by Gasteiger charge is 2.24. The molecule has 0 bridgehead atoms. The van der Waals surface area contributed by atoms with E-state index in [-0.39, 0.29) is 5.92 Å². The fraction of sp³-hybridized carbons (Fsp3) is 0.900. The number of carbonyl (C=O) groups excluding carboxylic acids is 1. The Balaban J connectivity index is 2.29. The number of likely N-dealkylation sites (tertiary alicyclic amines) is 1. The van der Waals surface area contributed by atoms with E-state index in [1.807, 2.05) is 6.92 Å². The lowest BCUT2D eigenvalue weighted by Gasteiger charge is -2.31. The number of aliphatic hydroxyl groups excluding tert-OH is 1. The molecule has 4 heteroatoms. The third kappa shape index (κ3) is 3.36. The molecule has 0 spiro atoms. The van der Waals surface area contributed by atoms with Crippen molar-refractivity contribution in [1.29, 1.82) is 0 Å². The summed E-state index contributed by atoms with van der Waals surface area (Å²) in [4.78, 5) is 13.4. The van der Waals surface area contributed by atoms with Gasteiger partial charge in [0.2, 0.25) is 0 Å². The average Bonchev–Trinajstić information content (AvgIpc) is 2.12. The average molecular weight is 201 g/mol. The van der Waals surface area contributed by atoms with Crippen molar-refractivity contribution in [3.8, 4) is 0 Å². The van der Waals surface area contributed by atoms with E-state index < -0.39 is 6.10 Å². The van der Waals surface area contributed by atoms with Crippen molar-refractivity contribution >= 4 is 5.78 Å². The molecule has 0 aromatic heterocycles. The topological polar surface area (TPSA) is 49.8 Å². The summed E-state index contributed by atoms with van der Waals surface area (Å²) in [5.41, 5.74) is 0. The van der Waals surface area contributed by atoms with Gasteiger partial charge in [-0.05, 0) is 0 Å². The molecule has 1 aliphatic heterocycles. The van der Waals surface area contributed by atoms with E-state index in [2.05, 4.69) is 4.90 Å². The molecule has 0 amide bonds. The highest BCUT2D eigenvalue weighted by Crippen LogP contribution is 2.12. The van der Waals surface area contributed by atoms with Crippen LogP contribution in [0.1, 0.15) is 13.3 Å². The zero-order chi connectivity index (χ0) is 10.6. The van der Waals surface area contributed by atoms with Crippen molar-refractivity contribution in [3.63, 3.8) is 0 Å². The van der Waals surface area contributed by atoms with Crippen LogP contribution >= 0.6 is 0 Å². The molecule has 1 aliphatic rings. The first kappa shape index (κ1) is 11.6. The molecule has 1 N–H and O–H groups in total. The van der Waals surface area contributed by atoms with Gasteiger partial charge in [-0.2, -0.15) is 0 Å². The summed E-state index contributed by atoms with van der Waals surface area (Å²) in [5.74, 6) is 0.445. The van der Waals surface area contributed by atoms with E-state index in [0.29, 0.717) is 25.4 Å². The second kappa shape index (κ2) is 5.44. The van der Waals surface area contributed by atoms with Gasteiger partial charge in [0, 0.05) is 39.1 Å². The highest BCUT2D eigenvalue weighted by molar-refractivity contribution is 5.81. The van der Waals surface area contributed by atoms with Gasteiger partial charge in [0.25, 0.3) is 0 Å². The van der Waals surface area contributed by atoms with E-state index in [9.17, 15) is 9.90 Å². The summed E-state index contributed by atoms with van der Waals surface area (Å²) in [6.45, 7) is 4.44. The number of methoxy groups -OCH3 is 1. The smallest absolute Gasteiger partial charge is 0.138 e. The molecule has 1 rings (SSSR count). The molecule has 14 heavy (non-hydrogen) atoms. The first-order valence-corrected chi connectivity index (χ1v) is 5.05. The number of β-amino-alcohol motifs (C(OH)–C–C–N with tert-alkyl or cyclic N) is 1. The molecular formula is C10H19NO3. The first-order chi connectivity index (χ1) is 6.63. The van der Waals surface area contributed by atoms with Gasteiger partial charge in [-0.3, -0.25) is 9.69 Å². The number of hydrogen-bond acceptors (Lipinski definition) is 4. The predicted octanol–water partition coefficient (Wildman–Crippen LogP) is -0.0954. The summed E-state index contributed by atoms with van der Waals surface area (Å²) in [6, 6.07) is 0. The maximum Gasteiger partial charge on any atom is 0.138 e. The van der Waals surface area contributed by atoms with Crippen molar-refractivity contribution < 1.29 is 14.6 Å². The molecule has 82 valence electrons. The Labute approximate surface area is 84.8 Å². The van der Waals surface area contributed by atoms with E-state index >= 15 is 0 Å². The summed E-state index contributed by atoms with van der Waals surface area (Å²) >= 11 is 0. The fourth-order valence-corrected chi connectivity index (χ4v) is 1.80. The van der Waals surface area contributed by atoms with Crippen molar-refractivity contribution in [2.24, 2.45) is 5.92 Å². The maximum atomic E-state index is 11.2. The van der Waals surface area contributed by atoms with Gasteiger partial charge < -0.3 is 9.84 Å². The second-order valence-corrected chi connectivity index (χ2v) is 3.99. The van der Waals surface area contributed by atoms with Gasteiger partial charge in [-0.1, -0.05) is 6.92 Å². The molecule has 0 radical (unpaired) electrons. The van der Waals surface area contributed by atoms with Gasteiger partial charge >= 0.3 is 0 Å². The molecule has 0 aromatic rings. The molecule has 1 heterocycles. The van der Waals surface area contributed by atoms with Crippen LogP contribution in [-0.2, 0) is 9.53 Å². The van der Waals surface area contributed by atoms with E-state index in [1.165, 1.54) is 0 Å². The van der Waals surface area contributed by atoms with Crippen LogP contribution in [0, 0.1) is 5.92 Å². The monoisotopic (exact) mass is 201 g/mol. The molecule has 1 saturated heterocycles. The minimum absolute atomic E-state index is 0.110. The summed E-state index contributed by atoms with van der Waals surface area (Å²) in [6.07, 6.45) is 0.168. The van der Waals surface area contributed by atoms with Gasteiger partial charge in [0.05, 0.1) is 12.7 Å². The lowest BCUT2D eigenvalue weighted by molar-refractivity contribution is -0.126. The Morgan fingerprint density at radius 2 is 2.43 bits per heavy atom.